The molecule has 0 heterocycles. The fraction of sp³-hybridized carbons (Fsp3) is 0.625. The Morgan fingerprint density at radius 1 is 0.944 bits per heavy atom. The highest BCUT2D eigenvalue weighted by atomic mass is 28.2. The van der Waals surface area contributed by atoms with Crippen molar-refractivity contribution in [3.8, 4) is 0 Å². The van der Waals surface area contributed by atoms with Gasteiger partial charge in [0.1, 0.15) is 0 Å². The lowest BCUT2D eigenvalue weighted by Gasteiger charge is -2.04. The number of unbranched alkanes of at least 4 members (excludes halogenated alkanes) is 5. The van der Waals surface area contributed by atoms with Gasteiger partial charge in [-0.3, -0.25) is 0 Å². The van der Waals surface area contributed by atoms with Crippen LogP contribution in [0, 0.1) is 0 Å². The maximum absolute atomic E-state index is 5.80. The molecule has 1 aromatic rings. The largest absolute Gasteiger partial charge is 0.424 e. The van der Waals surface area contributed by atoms with Crippen LogP contribution in [0.25, 0.3) is 0 Å². The lowest BCUT2D eigenvalue weighted by Crippen LogP contribution is -2.03. The van der Waals surface area contributed by atoms with Crippen molar-refractivity contribution in [1.29, 1.82) is 0 Å². The van der Waals surface area contributed by atoms with Crippen molar-refractivity contribution in [2.45, 2.75) is 57.9 Å². The summed E-state index contributed by atoms with van der Waals surface area (Å²) in [6.45, 7) is 3.19. The van der Waals surface area contributed by atoms with Gasteiger partial charge in [0, 0.05) is 6.61 Å². The monoisotopic (exact) mass is 264 g/mol. The Labute approximate surface area is 115 Å². The second kappa shape index (κ2) is 11.5. The van der Waals surface area contributed by atoms with Crippen LogP contribution in [-0.4, -0.2) is 16.4 Å². The average Bonchev–Trinajstić information content (AvgIpc) is 2.42. The highest BCUT2D eigenvalue weighted by molar-refractivity contribution is 6.26. The van der Waals surface area contributed by atoms with Crippen molar-refractivity contribution in [3.63, 3.8) is 0 Å². The zero-order chi connectivity index (χ0) is 12.9. The van der Waals surface area contributed by atoms with E-state index in [4.69, 9.17) is 4.43 Å². The van der Waals surface area contributed by atoms with E-state index in [0.29, 0.717) is 0 Å². The summed E-state index contributed by atoms with van der Waals surface area (Å²) in [6, 6.07) is 12.0. The molecule has 0 aromatic heterocycles. The Hall–Kier alpha value is -0.603. The minimum absolute atomic E-state index is 0.244. The zero-order valence-electron chi connectivity index (χ0n) is 11.9. The molecule has 0 bridgehead atoms. The summed E-state index contributed by atoms with van der Waals surface area (Å²) in [5.74, 6) is 0. The van der Waals surface area contributed by atoms with E-state index >= 15 is 0 Å². The van der Waals surface area contributed by atoms with Crippen LogP contribution in [0.1, 0.15) is 51.0 Å². The summed E-state index contributed by atoms with van der Waals surface area (Å²) < 4.78 is 5.80. The predicted octanol–water partition coefficient (Wildman–Crippen LogP) is 4.11. The van der Waals surface area contributed by atoms with Crippen molar-refractivity contribution < 1.29 is 4.43 Å². The molecule has 0 unspecified atom stereocenters. The Morgan fingerprint density at radius 2 is 1.67 bits per heavy atom. The molecule has 0 saturated carbocycles. The van der Waals surface area contributed by atoms with Gasteiger partial charge in [0.15, 0.2) is 9.76 Å². The molecule has 102 valence electrons. The van der Waals surface area contributed by atoms with E-state index in [-0.39, 0.29) is 9.76 Å². The molecule has 0 N–H and O–H groups in total. The fourth-order valence-electron chi connectivity index (χ4n) is 2.10. The van der Waals surface area contributed by atoms with Crippen molar-refractivity contribution in [3.05, 3.63) is 35.9 Å². The molecule has 0 atom stereocenters. The lowest BCUT2D eigenvalue weighted by molar-refractivity contribution is 0.338. The van der Waals surface area contributed by atoms with Gasteiger partial charge in [0.05, 0.1) is 0 Å². The lowest BCUT2D eigenvalue weighted by atomic mass is 10.1. The van der Waals surface area contributed by atoms with Gasteiger partial charge in [-0.25, -0.2) is 0 Å². The summed E-state index contributed by atoms with van der Waals surface area (Å²) in [6.07, 6.45) is 9.47. The molecule has 0 fully saturated rings. The molecular weight excluding hydrogens is 236 g/mol. The number of hydrogen-bond donors (Lipinski definition) is 0. The van der Waals surface area contributed by atoms with E-state index < -0.39 is 0 Å². The fourth-order valence-corrected chi connectivity index (χ4v) is 3.21. The molecule has 18 heavy (non-hydrogen) atoms. The first-order chi connectivity index (χ1) is 8.93. The minimum Gasteiger partial charge on any atom is -0.424 e. The average molecular weight is 264 g/mol. The maximum atomic E-state index is 5.80. The van der Waals surface area contributed by atoms with E-state index in [1.54, 1.807) is 0 Å². The van der Waals surface area contributed by atoms with Crippen molar-refractivity contribution in [2.75, 3.05) is 6.61 Å². The second-order valence-corrected chi connectivity index (χ2v) is 6.49. The molecule has 0 saturated heterocycles. The molecular formula is C16H28OSi. The van der Waals surface area contributed by atoms with Crippen LogP contribution in [0.4, 0.5) is 0 Å². The third-order valence-corrected chi connectivity index (χ3v) is 4.64. The van der Waals surface area contributed by atoms with Crippen molar-refractivity contribution in [2.24, 2.45) is 0 Å². The topological polar surface area (TPSA) is 9.23 Å². The highest BCUT2D eigenvalue weighted by Gasteiger charge is 1.94. The molecule has 0 aliphatic heterocycles. The van der Waals surface area contributed by atoms with Crippen LogP contribution in [0.2, 0.25) is 6.04 Å². The third-order valence-electron chi connectivity index (χ3n) is 3.27. The van der Waals surface area contributed by atoms with Gasteiger partial charge >= 0.3 is 0 Å². The van der Waals surface area contributed by atoms with Gasteiger partial charge in [-0.15, -0.1) is 0 Å². The number of rotatable bonds is 11. The van der Waals surface area contributed by atoms with Gasteiger partial charge < -0.3 is 4.43 Å². The first-order valence-electron chi connectivity index (χ1n) is 7.55. The standard InChI is InChI=1S/C16H28OSi/c1-2-3-4-5-6-10-15-18-17-14-13-16-11-8-7-9-12-16/h7-9,11-12H,2-6,10,13-15,18H2,1H3. The molecule has 1 rings (SSSR count). The maximum Gasteiger partial charge on any atom is 0.161 e. The van der Waals surface area contributed by atoms with Crippen LogP contribution in [-0.2, 0) is 10.8 Å². The number of hydrogen-bond acceptors (Lipinski definition) is 1. The van der Waals surface area contributed by atoms with E-state index in [0.717, 1.165) is 13.0 Å². The zero-order valence-corrected chi connectivity index (χ0v) is 13.3. The van der Waals surface area contributed by atoms with Gasteiger partial charge in [0.25, 0.3) is 0 Å². The summed E-state index contributed by atoms with van der Waals surface area (Å²) in [7, 11) is -0.244. The van der Waals surface area contributed by atoms with E-state index in [2.05, 4.69) is 37.3 Å². The third kappa shape index (κ3) is 8.48. The van der Waals surface area contributed by atoms with Crippen LogP contribution >= 0.6 is 0 Å². The normalized spacial score (nSPS) is 11.4. The summed E-state index contributed by atoms with van der Waals surface area (Å²) in [5, 5.41) is 0. The van der Waals surface area contributed by atoms with E-state index in [1.165, 1.54) is 50.1 Å². The first kappa shape index (κ1) is 15.5. The molecule has 0 spiro atoms. The number of benzene rings is 1. The molecule has 0 radical (unpaired) electrons. The van der Waals surface area contributed by atoms with Crippen LogP contribution in [0.3, 0.4) is 0 Å². The summed E-state index contributed by atoms with van der Waals surface area (Å²) in [5.41, 5.74) is 1.39. The molecule has 1 nitrogen and oxygen atoms in total. The van der Waals surface area contributed by atoms with Gasteiger partial charge in [-0.1, -0.05) is 75.8 Å². The van der Waals surface area contributed by atoms with Crippen molar-refractivity contribution in [1.82, 2.24) is 0 Å². The molecule has 0 aliphatic rings. The van der Waals surface area contributed by atoms with Crippen LogP contribution in [0.15, 0.2) is 30.3 Å². The smallest absolute Gasteiger partial charge is 0.161 e. The van der Waals surface area contributed by atoms with Crippen molar-refractivity contribution >= 4 is 9.76 Å². The van der Waals surface area contributed by atoms with Crippen LogP contribution in [0.5, 0.6) is 0 Å². The van der Waals surface area contributed by atoms with E-state index in [9.17, 15) is 0 Å². The second-order valence-electron chi connectivity index (χ2n) is 4.97. The molecule has 2 heteroatoms. The molecule has 0 amide bonds. The van der Waals surface area contributed by atoms with E-state index in [1.807, 2.05) is 0 Å². The highest BCUT2D eigenvalue weighted by Crippen LogP contribution is 2.07. The molecule has 1 aromatic carbocycles. The van der Waals surface area contributed by atoms with Gasteiger partial charge in [-0.05, 0) is 18.0 Å². The Balaban J connectivity index is 1.82. The summed E-state index contributed by atoms with van der Waals surface area (Å²) in [4.78, 5) is 0. The first-order valence-corrected chi connectivity index (χ1v) is 9.13. The Morgan fingerprint density at radius 3 is 2.44 bits per heavy atom. The molecule has 0 aliphatic carbocycles. The Bertz CT molecular complexity index is 274. The van der Waals surface area contributed by atoms with Gasteiger partial charge in [-0.2, -0.15) is 0 Å². The SMILES string of the molecule is CCCCCCCC[SiH2]OCCc1ccccc1. The van der Waals surface area contributed by atoms with Gasteiger partial charge in [0.2, 0.25) is 0 Å². The summed E-state index contributed by atoms with van der Waals surface area (Å²) >= 11 is 0. The predicted molar refractivity (Wildman–Crippen MR) is 82.8 cm³/mol. The quantitative estimate of drug-likeness (QED) is 0.432. The minimum atomic E-state index is -0.244. The van der Waals surface area contributed by atoms with Crippen LogP contribution < -0.4 is 0 Å². The Kier molecular flexibility index (Phi) is 9.86.